The molecule has 5 nitrogen and oxygen atoms in total. The number of hydrogen-bond donors (Lipinski definition) is 1. The van der Waals surface area contributed by atoms with Gasteiger partial charge >= 0.3 is 0 Å². The summed E-state index contributed by atoms with van der Waals surface area (Å²) in [5.41, 5.74) is 4.57. The van der Waals surface area contributed by atoms with Gasteiger partial charge in [-0.15, -0.1) is 0 Å². The number of halogens is 1. The molecule has 0 atom stereocenters. The molecule has 1 aromatic heterocycles. The van der Waals surface area contributed by atoms with E-state index in [1.807, 2.05) is 18.2 Å². The van der Waals surface area contributed by atoms with Crippen LogP contribution in [0, 0.1) is 12.7 Å². The minimum Gasteiger partial charge on any atom is -0.342 e. The second kappa shape index (κ2) is 10.9. The van der Waals surface area contributed by atoms with Gasteiger partial charge in [-0.25, -0.2) is 4.39 Å². The smallest absolute Gasteiger partial charge is 0.238 e. The fraction of sp³-hybridized carbons (Fsp3) is 0.483. The summed E-state index contributed by atoms with van der Waals surface area (Å²) in [6, 6.07) is 15.9. The van der Waals surface area contributed by atoms with Crippen molar-refractivity contribution in [3.8, 4) is 0 Å². The molecule has 35 heavy (non-hydrogen) atoms. The average Bonchev–Trinajstić information content (AvgIpc) is 3.19. The molecule has 1 amide bonds. The Morgan fingerprint density at radius 3 is 2.43 bits per heavy atom. The van der Waals surface area contributed by atoms with E-state index in [1.165, 1.54) is 41.4 Å². The number of carbonyl (C=O) groups excluding carboxylic acids is 1. The number of nitrogens with zero attached hydrogens (tertiary/aromatic N) is 3. The standard InChI is InChI=1S/C29H37FN4O/c1-22-19-24-7-10-26(31-29(35)21-33-14-3-2-4-15-33)20-28(24)34(22)27-12-17-32(18-13-27)16-11-23-5-8-25(30)9-6-23/h5-10,19-20,27H,2-4,11-18,21H2,1H3,(H,31,35). The number of amides is 1. The fourth-order valence-electron chi connectivity index (χ4n) is 5.78. The highest BCUT2D eigenvalue weighted by Gasteiger charge is 2.23. The summed E-state index contributed by atoms with van der Waals surface area (Å²) in [4.78, 5) is 17.4. The number of likely N-dealkylation sites (tertiary alicyclic amines) is 2. The van der Waals surface area contributed by atoms with Crippen LogP contribution in [0.15, 0.2) is 48.5 Å². The molecule has 0 unspecified atom stereocenters. The minimum absolute atomic E-state index is 0.0792. The molecule has 2 fully saturated rings. The van der Waals surface area contributed by atoms with Gasteiger partial charge in [0.25, 0.3) is 0 Å². The summed E-state index contributed by atoms with van der Waals surface area (Å²) >= 11 is 0. The van der Waals surface area contributed by atoms with Crippen molar-refractivity contribution in [2.24, 2.45) is 0 Å². The van der Waals surface area contributed by atoms with Crippen molar-refractivity contribution >= 4 is 22.5 Å². The highest BCUT2D eigenvalue weighted by molar-refractivity contribution is 5.95. The Labute approximate surface area is 207 Å². The number of rotatable bonds is 7. The van der Waals surface area contributed by atoms with E-state index in [0.717, 1.165) is 57.7 Å². The molecule has 6 heteroatoms. The number of nitrogens with one attached hydrogen (secondary N) is 1. The summed E-state index contributed by atoms with van der Waals surface area (Å²) in [5, 5.41) is 4.37. The first-order valence-electron chi connectivity index (χ1n) is 13.2. The van der Waals surface area contributed by atoms with Gasteiger partial charge in [0.05, 0.1) is 12.1 Å². The molecular formula is C29H37FN4O. The van der Waals surface area contributed by atoms with Crippen molar-refractivity contribution in [2.45, 2.75) is 51.5 Å². The Morgan fingerprint density at radius 2 is 1.69 bits per heavy atom. The monoisotopic (exact) mass is 476 g/mol. The molecule has 5 rings (SSSR count). The van der Waals surface area contributed by atoms with Crippen LogP contribution in [0.4, 0.5) is 10.1 Å². The molecular weight excluding hydrogens is 439 g/mol. The lowest BCUT2D eigenvalue weighted by atomic mass is 10.0. The summed E-state index contributed by atoms with van der Waals surface area (Å²) < 4.78 is 15.6. The van der Waals surface area contributed by atoms with Crippen LogP contribution in [0.3, 0.4) is 0 Å². The molecule has 2 aliphatic rings. The van der Waals surface area contributed by atoms with Crippen LogP contribution in [0.5, 0.6) is 0 Å². The van der Waals surface area contributed by atoms with E-state index in [0.29, 0.717) is 12.6 Å². The third kappa shape index (κ3) is 5.93. The number of fused-ring (bicyclic) bond motifs is 1. The van der Waals surface area contributed by atoms with Gasteiger partial charge in [0, 0.05) is 42.4 Å². The molecule has 2 saturated heterocycles. The molecule has 0 radical (unpaired) electrons. The van der Waals surface area contributed by atoms with Crippen LogP contribution in [0.25, 0.3) is 10.9 Å². The predicted molar refractivity (Wildman–Crippen MR) is 140 cm³/mol. The summed E-state index contributed by atoms with van der Waals surface area (Å²) in [5.74, 6) is -0.0934. The summed E-state index contributed by atoms with van der Waals surface area (Å²) in [6.45, 7) is 7.86. The second-order valence-corrected chi connectivity index (χ2v) is 10.3. The number of aryl methyl sites for hydroxylation is 1. The van der Waals surface area contributed by atoms with Crippen molar-refractivity contribution in [1.82, 2.24) is 14.4 Å². The lowest BCUT2D eigenvalue weighted by molar-refractivity contribution is -0.117. The van der Waals surface area contributed by atoms with Crippen LogP contribution < -0.4 is 5.32 Å². The van der Waals surface area contributed by atoms with E-state index in [-0.39, 0.29) is 11.7 Å². The number of hydrogen-bond acceptors (Lipinski definition) is 3. The molecule has 2 aliphatic heterocycles. The first kappa shape index (κ1) is 24.0. The maximum atomic E-state index is 13.2. The molecule has 3 aromatic rings. The molecule has 1 N–H and O–H groups in total. The maximum absolute atomic E-state index is 13.2. The lowest BCUT2D eigenvalue weighted by Crippen LogP contribution is -2.36. The van der Waals surface area contributed by atoms with E-state index in [4.69, 9.17) is 0 Å². The quantitative estimate of drug-likeness (QED) is 0.497. The maximum Gasteiger partial charge on any atom is 0.238 e. The summed E-state index contributed by atoms with van der Waals surface area (Å²) in [6.07, 6.45) is 6.84. The van der Waals surface area contributed by atoms with Crippen LogP contribution >= 0.6 is 0 Å². The van der Waals surface area contributed by atoms with E-state index in [1.54, 1.807) is 12.1 Å². The van der Waals surface area contributed by atoms with Gasteiger partial charge in [0.1, 0.15) is 5.82 Å². The van der Waals surface area contributed by atoms with Crippen molar-refractivity contribution < 1.29 is 9.18 Å². The van der Waals surface area contributed by atoms with E-state index >= 15 is 0 Å². The van der Waals surface area contributed by atoms with Crippen LogP contribution in [-0.4, -0.2) is 59.5 Å². The molecule has 2 aromatic carbocycles. The Morgan fingerprint density at radius 1 is 0.943 bits per heavy atom. The third-order valence-electron chi connectivity index (χ3n) is 7.69. The van der Waals surface area contributed by atoms with E-state index in [2.05, 4.69) is 44.8 Å². The lowest BCUT2D eigenvalue weighted by Gasteiger charge is -2.34. The molecule has 0 aliphatic carbocycles. The number of carbonyl (C=O) groups is 1. The number of aromatic nitrogens is 1. The Balaban J connectivity index is 1.20. The number of anilines is 1. The van der Waals surface area contributed by atoms with Gasteiger partial charge < -0.3 is 14.8 Å². The molecule has 0 spiro atoms. The molecule has 186 valence electrons. The van der Waals surface area contributed by atoms with Gasteiger partial charge in [-0.05, 0) is 88.0 Å². The predicted octanol–water partition coefficient (Wildman–Crippen LogP) is 5.39. The Kier molecular flexibility index (Phi) is 7.49. The fourth-order valence-corrected chi connectivity index (χ4v) is 5.78. The van der Waals surface area contributed by atoms with Crippen molar-refractivity contribution in [3.63, 3.8) is 0 Å². The zero-order chi connectivity index (χ0) is 24.2. The molecule has 0 saturated carbocycles. The number of benzene rings is 2. The van der Waals surface area contributed by atoms with Crippen LogP contribution in [-0.2, 0) is 11.2 Å². The largest absolute Gasteiger partial charge is 0.342 e. The Bertz CT molecular complexity index is 1140. The zero-order valence-electron chi connectivity index (χ0n) is 20.8. The van der Waals surface area contributed by atoms with Crippen LogP contribution in [0.2, 0.25) is 0 Å². The van der Waals surface area contributed by atoms with E-state index in [9.17, 15) is 9.18 Å². The first-order chi connectivity index (χ1) is 17.0. The van der Waals surface area contributed by atoms with Gasteiger partial charge in [0.15, 0.2) is 0 Å². The van der Waals surface area contributed by atoms with Crippen LogP contribution in [0.1, 0.15) is 49.4 Å². The second-order valence-electron chi connectivity index (χ2n) is 10.3. The van der Waals surface area contributed by atoms with Crippen molar-refractivity contribution in [2.75, 3.05) is 44.6 Å². The topological polar surface area (TPSA) is 40.5 Å². The average molecular weight is 477 g/mol. The van der Waals surface area contributed by atoms with Crippen molar-refractivity contribution in [3.05, 3.63) is 65.6 Å². The van der Waals surface area contributed by atoms with Crippen molar-refractivity contribution in [1.29, 1.82) is 0 Å². The highest BCUT2D eigenvalue weighted by atomic mass is 19.1. The minimum atomic E-state index is -0.173. The van der Waals surface area contributed by atoms with Gasteiger partial charge in [-0.3, -0.25) is 9.69 Å². The Hall–Kier alpha value is -2.70. The van der Waals surface area contributed by atoms with Gasteiger partial charge in [-0.1, -0.05) is 24.6 Å². The first-order valence-corrected chi connectivity index (χ1v) is 13.2. The van der Waals surface area contributed by atoms with Gasteiger partial charge in [0.2, 0.25) is 5.91 Å². The SMILES string of the molecule is Cc1cc2ccc(NC(=O)CN3CCCCC3)cc2n1C1CCN(CCc2ccc(F)cc2)CC1. The summed E-state index contributed by atoms with van der Waals surface area (Å²) in [7, 11) is 0. The normalized spacial score (nSPS) is 18.2. The molecule has 0 bridgehead atoms. The zero-order valence-corrected chi connectivity index (χ0v) is 20.8. The highest BCUT2D eigenvalue weighted by Crippen LogP contribution is 2.32. The molecule has 3 heterocycles. The number of piperidine rings is 2. The third-order valence-corrected chi connectivity index (χ3v) is 7.69. The van der Waals surface area contributed by atoms with Gasteiger partial charge in [-0.2, -0.15) is 0 Å². The van der Waals surface area contributed by atoms with E-state index < -0.39 is 0 Å².